The minimum absolute atomic E-state index is 0.167. The summed E-state index contributed by atoms with van der Waals surface area (Å²) in [6.45, 7) is 8.85. The zero-order chi connectivity index (χ0) is 16.2. The number of aryl methyl sites for hydroxylation is 1. The molecule has 0 saturated heterocycles. The summed E-state index contributed by atoms with van der Waals surface area (Å²) >= 11 is -1.20. The molecule has 1 rings (SSSR count). The third-order valence-electron chi connectivity index (χ3n) is 2.93. The highest BCUT2D eigenvalue weighted by Gasteiger charge is 2.28. The number of ether oxygens (including phenoxy) is 1. The van der Waals surface area contributed by atoms with Gasteiger partial charge in [0, 0.05) is 11.4 Å². The molecule has 0 radical (unpaired) electrons. The molecule has 1 aromatic rings. The first-order valence-corrected chi connectivity index (χ1v) is 7.95. The molecule has 120 valence electrons. The minimum Gasteiger partial charge on any atom is -0.598 e. The van der Waals surface area contributed by atoms with Crippen LogP contribution in [0.5, 0.6) is 5.75 Å². The smallest absolute Gasteiger partial charge is 0.272 e. The maximum Gasteiger partial charge on any atom is 0.272 e. The highest BCUT2D eigenvalue weighted by molar-refractivity contribution is 7.90. The third-order valence-corrected chi connectivity index (χ3v) is 4.61. The first kappa shape index (κ1) is 18.2. The molecule has 1 unspecified atom stereocenters. The molecule has 1 N–H and O–H groups in total. The molecule has 0 bridgehead atoms. The molecule has 0 aromatic heterocycles. The van der Waals surface area contributed by atoms with E-state index in [-0.39, 0.29) is 10.8 Å². The topological polar surface area (TPSA) is 44.3 Å². The van der Waals surface area contributed by atoms with Gasteiger partial charge in [-0.1, -0.05) is 6.07 Å². The molecule has 0 heterocycles. The van der Waals surface area contributed by atoms with Crippen molar-refractivity contribution >= 4 is 11.4 Å². The summed E-state index contributed by atoms with van der Waals surface area (Å²) in [7, 11) is 0. The normalized spacial score (nSPS) is 15.1. The fourth-order valence-corrected chi connectivity index (χ4v) is 2.54. The number of rotatable bonds is 6. The summed E-state index contributed by atoms with van der Waals surface area (Å²) in [6.07, 6.45) is -2.50. The summed E-state index contributed by atoms with van der Waals surface area (Å²) < 4.78 is 44.2. The number of halogens is 2. The molecular weight excluding hydrogens is 296 g/mol. The van der Waals surface area contributed by atoms with Crippen LogP contribution in [0.4, 0.5) is 8.78 Å². The lowest BCUT2D eigenvalue weighted by Gasteiger charge is -2.27. The van der Waals surface area contributed by atoms with Crippen molar-refractivity contribution in [1.82, 2.24) is 4.72 Å². The van der Waals surface area contributed by atoms with E-state index in [1.54, 1.807) is 12.1 Å². The molecule has 0 aliphatic carbocycles. The summed E-state index contributed by atoms with van der Waals surface area (Å²) in [5, 5.41) is 0. The molecule has 0 saturated carbocycles. The van der Waals surface area contributed by atoms with Crippen LogP contribution in [0.25, 0.3) is 0 Å². The Bertz CT molecular complexity index is 463. The van der Waals surface area contributed by atoms with Crippen LogP contribution in [-0.4, -0.2) is 22.3 Å². The molecule has 0 aliphatic heterocycles. The molecular formula is C15H23F2NO2S. The van der Waals surface area contributed by atoms with Crippen LogP contribution in [-0.2, 0) is 11.4 Å². The van der Waals surface area contributed by atoms with Gasteiger partial charge in [-0.25, -0.2) is 8.78 Å². The van der Waals surface area contributed by atoms with E-state index < -0.39 is 24.4 Å². The first-order chi connectivity index (χ1) is 9.61. The van der Waals surface area contributed by atoms with Crippen molar-refractivity contribution in [1.29, 1.82) is 0 Å². The molecule has 2 atom stereocenters. The Morgan fingerprint density at radius 2 is 1.95 bits per heavy atom. The Hall–Kier alpha value is -0.850. The zero-order valence-electron chi connectivity index (χ0n) is 13.1. The van der Waals surface area contributed by atoms with Gasteiger partial charge in [0.1, 0.15) is 17.1 Å². The van der Waals surface area contributed by atoms with E-state index >= 15 is 0 Å². The van der Waals surface area contributed by atoms with Gasteiger partial charge < -0.3 is 9.29 Å². The Labute approximate surface area is 128 Å². The van der Waals surface area contributed by atoms with Crippen molar-refractivity contribution in [2.75, 3.05) is 6.61 Å². The zero-order valence-corrected chi connectivity index (χ0v) is 13.9. The van der Waals surface area contributed by atoms with Crippen LogP contribution in [0.15, 0.2) is 18.2 Å². The summed E-state index contributed by atoms with van der Waals surface area (Å²) in [5.74, 6) is 0.395. The SMILES string of the molecule is Cc1ccc(OCC(F)F)cc1C(C)N[S@+]([O-])C(C)(C)C. The summed E-state index contributed by atoms with van der Waals surface area (Å²) in [6, 6.07) is 5.03. The quantitative estimate of drug-likeness (QED) is 0.812. The van der Waals surface area contributed by atoms with Crippen molar-refractivity contribution in [2.45, 2.75) is 51.8 Å². The van der Waals surface area contributed by atoms with Gasteiger partial charge in [-0.2, -0.15) is 0 Å². The Balaban J connectivity index is 2.83. The number of nitrogens with one attached hydrogen (secondary N) is 1. The van der Waals surface area contributed by atoms with Crippen LogP contribution in [0.1, 0.15) is 44.9 Å². The van der Waals surface area contributed by atoms with Gasteiger partial charge in [-0.3, -0.25) is 0 Å². The van der Waals surface area contributed by atoms with Gasteiger partial charge in [0.25, 0.3) is 6.43 Å². The lowest BCUT2D eigenvalue weighted by Crippen LogP contribution is -2.40. The van der Waals surface area contributed by atoms with E-state index in [2.05, 4.69) is 4.72 Å². The van der Waals surface area contributed by atoms with Crippen molar-refractivity contribution in [3.63, 3.8) is 0 Å². The van der Waals surface area contributed by atoms with Crippen molar-refractivity contribution in [3.8, 4) is 5.75 Å². The average molecular weight is 319 g/mol. The molecule has 0 fully saturated rings. The van der Waals surface area contributed by atoms with Crippen LogP contribution >= 0.6 is 0 Å². The van der Waals surface area contributed by atoms with E-state index in [1.807, 2.05) is 40.7 Å². The lowest BCUT2D eigenvalue weighted by atomic mass is 10.0. The first-order valence-electron chi connectivity index (χ1n) is 6.81. The van der Waals surface area contributed by atoms with E-state index in [4.69, 9.17) is 4.74 Å². The van der Waals surface area contributed by atoms with Crippen LogP contribution in [0.2, 0.25) is 0 Å². The second kappa shape index (κ2) is 7.42. The Kier molecular flexibility index (Phi) is 6.43. The van der Waals surface area contributed by atoms with E-state index in [0.29, 0.717) is 5.75 Å². The van der Waals surface area contributed by atoms with E-state index in [1.165, 1.54) is 0 Å². The maximum atomic E-state index is 12.2. The second-order valence-corrected chi connectivity index (χ2v) is 7.94. The van der Waals surface area contributed by atoms with Gasteiger partial charge in [0.15, 0.2) is 0 Å². The standard InChI is InChI=1S/C15H23F2NO2S/c1-10-6-7-12(20-9-14(16)17)8-13(10)11(2)18-21(19)15(3,4)5/h6-8,11,14,18H,9H2,1-5H3/t11?,21-/m1/s1. The van der Waals surface area contributed by atoms with E-state index in [0.717, 1.165) is 11.1 Å². The highest BCUT2D eigenvalue weighted by Crippen LogP contribution is 2.26. The number of hydrogen-bond acceptors (Lipinski definition) is 3. The molecule has 0 amide bonds. The molecule has 0 spiro atoms. The fourth-order valence-electron chi connectivity index (χ4n) is 1.73. The Morgan fingerprint density at radius 3 is 2.48 bits per heavy atom. The average Bonchev–Trinajstić information content (AvgIpc) is 2.36. The lowest BCUT2D eigenvalue weighted by molar-refractivity contribution is 0.0818. The minimum atomic E-state index is -2.50. The molecule has 0 aliphatic rings. The molecule has 21 heavy (non-hydrogen) atoms. The van der Waals surface area contributed by atoms with Gasteiger partial charge in [0.05, 0.1) is 6.04 Å². The van der Waals surface area contributed by atoms with Crippen molar-refractivity contribution in [3.05, 3.63) is 29.3 Å². The number of benzene rings is 1. The van der Waals surface area contributed by atoms with Crippen LogP contribution in [0.3, 0.4) is 0 Å². The summed E-state index contributed by atoms with van der Waals surface area (Å²) in [5.41, 5.74) is 1.88. The summed E-state index contributed by atoms with van der Waals surface area (Å²) in [4.78, 5) is 0. The van der Waals surface area contributed by atoms with Gasteiger partial charge in [0.2, 0.25) is 0 Å². The fraction of sp³-hybridized carbons (Fsp3) is 0.600. The number of alkyl halides is 2. The maximum absolute atomic E-state index is 12.2. The van der Waals surface area contributed by atoms with Crippen molar-refractivity contribution in [2.24, 2.45) is 0 Å². The third kappa shape index (κ3) is 5.80. The van der Waals surface area contributed by atoms with Gasteiger partial charge in [-0.15, -0.1) is 4.72 Å². The molecule has 1 aromatic carbocycles. The Morgan fingerprint density at radius 1 is 1.33 bits per heavy atom. The molecule has 6 heteroatoms. The van der Waals surface area contributed by atoms with Crippen molar-refractivity contribution < 1.29 is 18.1 Å². The predicted molar refractivity (Wildman–Crippen MR) is 82.1 cm³/mol. The number of hydrogen-bond donors (Lipinski definition) is 1. The van der Waals surface area contributed by atoms with Gasteiger partial charge >= 0.3 is 0 Å². The monoisotopic (exact) mass is 319 g/mol. The van der Waals surface area contributed by atoms with Gasteiger partial charge in [-0.05, 0) is 57.9 Å². The van der Waals surface area contributed by atoms with E-state index in [9.17, 15) is 13.3 Å². The predicted octanol–water partition coefficient (Wildman–Crippen LogP) is 3.75. The highest BCUT2D eigenvalue weighted by atomic mass is 32.2. The largest absolute Gasteiger partial charge is 0.598 e. The van der Waals surface area contributed by atoms with Crippen LogP contribution < -0.4 is 9.46 Å². The van der Waals surface area contributed by atoms with Crippen LogP contribution in [0, 0.1) is 6.92 Å². The second-order valence-electron chi connectivity index (χ2n) is 5.94. The molecule has 3 nitrogen and oxygen atoms in total.